The summed E-state index contributed by atoms with van der Waals surface area (Å²) in [5.74, 6) is -0.868. The van der Waals surface area contributed by atoms with Crippen LogP contribution in [0.3, 0.4) is 0 Å². The molecule has 0 aliphatic heterocycles. The van der Waals surface area contributed by atoms with Gasteiger partial charge in [0.15, 0.2) is 6.10 Å². The Kier molecular flexibility index (Phi) is 5.44. The zero-order chi connectivity index (χ0) is 12.8. The molecule has 4 heteroatoms. The van der Waals surface area contributed by atoms with Gasteiger partial charge in [0, 0.05) is 0 Å². The fraction of sp³-hybridized carbons (Fsp3) is 0.0667. The first-order valence-electron chi connectivity index (χ1n) is 5.57. The summed E-state index contributed by atoms with van der Waals surface area (Å²) in [6, 6.07) is 18.6. The van der Waals surface area contributed by atoms with Crippen molar-refractivity contribution in [2.24, 2.45) is 0 Å². The Morgan fingerprint density at radius 1 is 0.895 bits per heavy atom. The largest absolute Gasteiger partial charge is 0.447 e. The van der Waals surface area contributed by atoms with Crippen molar-refractivity contribution in [1.29, 1.82) is 0 Å². The Hall–Kier alpha value is -2.46. The lowest BCUT2D eigenvalue weighted by atomic mass is 10.0. The molecule has 98 valence electrons. The molecule has 0 saturated carbocycles. The highest BCUT2D eigenvalue weighted by molar-refractivity contribution is 6.20. The van der Waals surface area contributed by atoms with Crippen LogP contribution in [0.2, 0.25) is 0 Å². The van der Waals surface area contributed by atoms with Crippen molar-refractivity contribution < 1.29 is 19.8 Å². The number of ether oxygens (including phenoxy) is 1. The van der Waals surface area contributed by atoms with Crippen LogP contribution in [0.4, 0.5) is 0 Å². The second-order valence-electron chi connectivity index (χ2n) is 3.76. The summed E-state index contributed by atoms with van der Waals surface area (Å²) in [5, 5.41) is 0. The number of carbonyl (C=O) groups is 2. The molecule has 19 heavy (non-hydrogen) atoms. The summed E-state index contributed by atoms with van der Waals surface area (Å²) in [5.41, 5.74) is 1.66. The van der Waals surface area contributed by atoms with E-state index in [0.29, 0.717) is 0 Å². The van der Waals surface area contributed by atoms with Crippen LogP contribution < -0.4 is 0 Å². The van der Waals surface area contributed by atoms with Crippen molar-refractivity contribution in [2.75, 3.05) is 0 Å². The monoisotopic (exact) mass is 258 g/mol. The molecule has 4 nitrogen and oxygen atoms in total. The molecule has 2 aromatic rings. The minimum atomic E-state index is -0.868. The molecule has 0 bridgehead atoms. The zero-order valence-electron chi connectivity index (χ0n) is 10.2. The molecule has 0 atom stereocenters. The summed E-state index contributed by atoms with van der Waals surface area (Å²) >= 11 is 0. The van der Waals surface area contributed by atoms with Gasteiger partial charge in [0.05, 0.1) is 0 Å². The molecule has 0 radical (unpaired) electrons. The Bertz CT molecular complexity index is 483. The van der Waals surface area contributed by atoms with Crippen LogP contribution in [0.15, 0.2) is 60.7 Å². The molecular formula is C15H14O4. The van der Waals surface area contributed by atoms with Gasteiger partial charge in [-0.15, -0.1) is 0 Å². The summed E-state index contributed by atoms with van der Waals surface area (Å²) in [7, 11) is 0. The summed E-state index contributed by atoms with van der Waals surface area (Å²) < 4.78 is 5.16. The highest BCUT2D eigenvalue weighted by Crippen LogP contribution is 2.25. The standard InChI is InChI=1S/C15H12O3.H2O/c16-11-14(17)18-15(12-7-3-1-4-8-12)13-9-5-2-6-10-13;/h1-11,15H;1H2. The van der Waals surface area contributed by atoms with Crippen LogP contribution in [0.25, 0.3) is 0 Å². The second-order valence-corrected chi connectivity index (χ2v) is 3.76. The Morgan fingerprint density at radius 3 is 1.68 bits per heavy atom. The smallest absolute Gasteiger partial charge is 0.372 e. The van der Waals surface area contributed by atoms with E-state index < -0.39 is 12.1 Å². The van der Waals surface area contributed by atoms with E-state index in [1.54, 1.807) is 0 Å². The van der Waals surface area contributed by atoms with Crippen LogP contribution >= 0.6 is 0 Å². The predicted molar refractivity (Wildman–Crippen MR) is 70.5 cm³/mol. The van der Waals surface area contributed by atoms with Crippen molar-refractivity contribution in [3.63, 3.8) is 0 Å². The van der Waals surface area contributed by atoms with E-state index in [1.165, 1.54) is 0 Å². The van der Waals surface area contributed by atoms with Crippen molar-refractivity contribution in [1.82, 2.24) is 0 Å². The molecule has 2 rings (SSSR count). The normalized spacial score (nSPS) is 9.53. The maximum absolute atomic E-state index is 11.2. The molecule has 2 N–H and O–H groups in total. The number of hydrogen-bond donors (Lipinski definition) is 0. The van der Waals surface area contributed by atoms with Crippen molar-refractivity contribution in [3.8, 4) is 0 Å². The lowest BCUT2D eigenvalue weighted by Crippen LogP contribution is -2.13. The average molecular weight is 258 g/mol. The summed E-state index contributed by atoms with van der Waals surface area (Å²) in [4.78, 5) is 21.6. The van der Waals surface area contributed by atoms with Gasteiger partial charge in [-0.2, -0.15) is 0 Å². The molecule has 0 amide bonds. The summed E-state index contributed by atoms with van der Waals surface area (Å²) in [6.07, 6.45) is -0.371. The van der Waals surface area contributed by atoms with Gasteiger partial charge in [0.2, 0.25) is 6.29 Å². The van der Waals surface area contributed by atoms with Crippen LogP contribution in [0.1, 0.15) is 17.2 Å². The lowest BCUT2D eigenvalue weighted by Gasteiger charge is -2.17. The first-order valence-corrected chi connectivity index (χ1v) is 5.57. The van der Waals surface area contributed by atoms with Gasteiger partial charge >= 0.3 is 5.97 Å². The van der Waals surface area contributed by atoms with Crippen molar-refractivity contribution in [3.05, 3.63) is 71.8 Å². The second kappa shape index (κ2) is 7.08. The molecule has 0 saturated heterocycles. The van der Waals surface area contributed by atoms with Crippen LogP contribution in [-0.2, 0) is 14.3 Å². The number of aldehydes is 1. The first kappa shape index (κ1) is 14.6. The molecule has 0 heterocycles. The van der Waals surface area contributed by atoms with E-state index in [-0.39, 0.29) is 11.8 Å². The molecule has 0 aliphatic carbocycles. The fourth-order valence-electron chi connectivity index (χ4n) is 1.73. The number of hydrogen-bond acceptors (Lipinski definition) is 3. The van der Waals surface area contributed by atoms with Crippen molar-refractivity contribution >= 4 is 12.3 Å². The summed E-state index contributed by atoms with van der Waals surface area (Å²) in [6.45, 7) is 0. The molecule has 0 spiro atoms. The van der Waals surface area contributed by atoms with E-state index in [0.717, 1.165) is 11.1 Å². The van der Waals surface area contributed by atoms with E-state index >= 15 is 0 Å². The average Bonchev–Trinajstić information content (AvgIpc) is 2.46. The number of carbonyl (C=O) groups excluding carboxylic acids is 2. The van der Waals surface area contributed by atoms with E-state index in [4.69, 9.17) is 4.74 Å². The third kappa shape index (κ3) is 3.76. The van der Waals surface area contributed by atoms with Crippen LogP contribution in [0.5, 0.6) is 0 Å². The number of esters is 1. The van der Waals surface area contributed by atoms with Gasteiger partial charge in [-0.05, 0) is 11.1 Å². The highest BCUT2D eigenvalue weighted by Gasteiger charge is 2.17. The topological polar surface area (TPSA) is 74.9 Å². The molecule has 0 fully saturated rings. The fourth-order valence-corrected chi connectivity index (χ4v) is 1.73. The number of rotatable bonds is 4. The van der Waals surface area contributed by atoms with Crippen LogP contribution in [-0.4, -0.2) is 17.7 Å². The predicted octanol–water partition coefficient (Wildman–Crippen LogP) is 1.69. The van der Waals surface area contributed by atoms with E-state index in [2.05, 4.69) is 0 Å². The minimum Gasteiger partial charge on any atom is -0.447 e. The first-order chi connectivity index (χ1) is 8.81. The lowest BCUT2D eigenvalue weighted by molar-refractivity contribution is -0.151. The number of benzene rings is 2. The molecule has 2 aromatic carbocycles. The van der Waals surface area contributed by atoms with Gasteiger partial charge in [-0.3, -0.25) is 4.79 Å². The Balaban J connectivity index is 0.00000180. The van der Waals surface area contributed by atoms with Gasteiger partial charge < -0.3 is 10.2 Å². The molecule has 0 unspecified atom stereocenters. The van der Waals surface area contributed by atoms with Gasteiger partial charge in [-0.1, -0.05) is 60.7 Å². The zero-order valence-corrected chi connectivity index (χ0v) is 10.2. The third-order valence-electron chi connectivity index (χ3n) is 2.53. The maximum Gasteiger partial charge on any atom is 0.372 e. The molecule has 0 aromatic heterocycles. The van der Waals surface area contributed by atoms with E-state index in [1.807, 2.05) is 60.7 Å². The molecular weight excluding hydrogens is 244 g/mol. The van der Waals surface area contributed by atoms with Gasteiger partial charge in [-0.25, -0.2) is 4.79 Å². The maximum atomic E-state index is 11.2. The SMILES string of the molecule is O.O=CC(=O)OC(c1ccccc1)c1ccccc1. The Labute approximate surface area is 111 Å². The Morgan fingerprint density at radius 2 is 1.32 bits per heavy atom. The quantitative estimate of drug-likeness (QED) is 0.476. The van der Waals surface area contributed by atoms with Gasteiger partial charge in [0.1, 0.15) is 0 Å². The van der Waals surface area contributed by atoms with Crippen molar-refractivity contribution in [2.45, 2.75) is 6.10 Å². The highest BCUT2D eigenvalue weighted by atomic mass is 16.5. The third-order valence-corrected chi connectivity index (χ3v) is 2.53. The minimum absolute atomic E-state index is 0. The van der Waals surface area contributed by atoms with Gasteiger partial charge in [0.25, 0.3) is 0 Å². The molecule has 0 aliphatic rings. The van der Waals surface area contributed by atoms with E-state index in [9.17, 15) is 9.59 Å². The van der Waals surface area contributed by atoms with Crippen LogP contribution in [0, 0.1) is 0 Å².